The normalized spacial score (nSPS) is 11.9. The van der Waals surface area contributed by atoms with Gasteiger partial charge in [-0.1, -0.05) is 6.07 Å². The molecule has 0 aliphatic heterocycles. The molecule has 0 aliphatic carbocycles. The molecule has 114 valence electrons. The average Bonchev–Trinajstić information content (AvgIpc) is 2.77. The van der Waals surface area contributed by atoms with Crippen LogP contribution in [0.5, 0.6) is 0 Å². The van der Waals surface area contributed by atoms with Crippen LogP contribution in [-0.4, -0.2) is 18.7 Å². The Balaban J connectivity index is 2.40. The van der Waals surface area contributed by atoms with Crippen LogP contribution >= 0.6 is 11.3 Å². The second-order valence-corrected chi connectivity index (χ2v) is 5.16. The molecule has 4 nitrogen and oxygen atoms in total. The first kappa shape index (κ1) is 15.7. The number of hydrazine groups is 1. The van der Waals surface area contributed by atoms with Gasteiger partial charge in [0.2, 0.25) is 0 Å². The van der Waals surface area contributed by atoms with E-state index in [2.05, 4.69) is 4.74 Å². The number of nitrogens with one attached hydrogen (secondary N) is 1. The summed E-state index contributed by atoms with van der Waals surface area (Å²) in [5.74, 6) is 3.68. The smallest absolute Gasteiger partial charge is 0.367 e. The van der Waals surface area contributed by atoms with E-state index in [0.717, 1.165) is 17.4 Å². The Bertz CT molecular complexity index is 669. The molecule has 0 fully saturated rings. The second-order valence-electron chi connectivity index (χ2n) is 4.10. The van der Waals surface area contributed by atoms with Crippen LogP contribution in [-0.2, 0) is 11.3 Å². The van der Waals surface area contributed by atoms with Gasteiger partial charge in [0.25, 0.3) is 5.91 Å². The lowest BCUT2D eigenvalue weighted by Crippen LogP contribution is -2.30. The van der Waals surface area contributed by atoms with Gasteiger partial charge in [-0.2, -0.15) is 13.2 Å². The summed E-state index contributed by atoms with van der Waals surface area (Å²) in [7, 11) is 0. The topological polar surface area (TPSA) is 64.3 Å². The number of hydrogen-bond donors (Lipinski definition) is 2. The molecule has 0 saturated heterocycles. The number of halogens is 4. The predicted molar refractivity (Wildman–Crippen MR) is 69.1 cm³/mol. The van der Waals surface area contributed by atoms with Gasteiger partial charge in [-0.3, -0.25) is 10.2 Å². The van der Waals surface area contributed by atoms with Crippen molar-refractivity contribution in [1.82, 2.24) is 5.43 Å². The summed E-state index contributed by atoms with van der Waals surface area (Å²) < 4.78 is 55.1. The average molecular weight is 322 g/mol. The number of amides is 1. The first-order valence-corrected chi connectivity index (χ1v) is 6.50. The lowest BCUT2D eigenvalue weighted by Gasteiger charge is -2.08. The monoisotopic (exact) mass is 322 g/mol. The van der Waals surface area contributed by atoms with E-state index in [1.165, 1.54) is 6.07 Å². The van der Waals surface area contributed by atoms with Crippen molar-refractivity contribution < 1.29 is 27.1 Å². The number of nitrogens with two attached hydrogens (primary N) is 1. The third-order valence-electron chi connectivity index (χ3n) is 2.61. The first-order valence-electron chi connectivity index (χ1n) is 5.69. The highest BCUT2D eigenvalue weighted by molar-refractivity contribution is 7.21. The summed E-state index contributed by atoms with van der Waals surface area (Å²) in [4.78, 5) is 11.7. The largest absolute Gasteiger partial charge is 0.411 e. The fourth-order valence-electron chi connectivity index (χ4n) is 1.82. The van der Waals surface area contributed by atoms with Crippen LogP contribution < -0.4 is 11.3 Å². The molecule has 0 unspecified atom stereocenters. The van der Waals surface area contributed by atoms with Crippen LogP contribution in [0.4, 0.5) is 17.6 Å². The predicted octanol–water partition coefficient (Wildman–Crippen LogP) is 2.72. The van der Waals surface area contributed by atoms with Crippen molar-refractivity contribution in [1.29, 1.82) is 0 Å². The molecule has 1 amide bonds. The molecule has 0 saturated carbocycles. The van der Waals surface area contributed by atoms with Crippen molar-refractivity contribution in [2.24, 2.45) is 5.84 Å². The molecule has 9 heteroatoms. The molecule has 2 aromatic rings. The zero-order valence-corrected chi connectivity index (χ0v) is 11.3. The fraction of sp³-hybridized carbons (Fsp3) is 0.250. The zero-order chi connectivity index (χ0) is 15.6. The van der Waals surface area contributed by atoms with E-state index in [4.69, 9.17) is 5.84 Å². The molecule has 0 spiro atoms. The van der Waals surface area contributed by atoms with Gasteiger partial charge in [0.15, 0.2) is 0 Å². The highest BCUT2D eigenvalue weighted by Gasteiger charge is 2.28. The van der Waals surface area contributed by atoms with Gasteiger partial charge in [-0.05, 0) is 12.1 Å². The lowest BCUT2D eigenvalue weighted by atomic mass is 10.1. The fourth-order valence-corrected chi connectivity index (χ4v) is 2.95. The van der Waals surface area contributed by atoms with E-state index in [-0.39, 0.29) is 15.8 Å². The SMILES string of the molecule is NNC(=O)c1sc2cccc(F)c2c1COCC(F)(F)F. The molecule has 1 aromatic carbocycles. The first-order chi connectivity index (χ1) is 9.83. The van der Waals surface area contributed by atoms with Crippen molar-refractivity contribution >= 4 is 27.3 Å². The Hall–Kier alpha value is -1.71. The van der Waals surface area contributed by atoms with Crippen molar-refractivity contribution in [3.8, 4) is 0 Å². The van der Waals surface area contributed by atoms with Gasteiger partial charge < -0.3 is 4.74 Å². The van der Waals surface area contributed by atoms with Gasteiger partial charge in [0.1, 0.15) is 17.3 Å². The van der Waals surface area contributed by atoms with Crippen molar-refractivity contribution in [2.75, 3.05) is 6.61 Å². The molecule has 1 heterocycles. The molecular formula is C12H10F4N2O2S. The van der Waals surface area contributed by atoms with Gasteiger partial charge in [0.05, 0.1) is 6.61 Å². The summed E-state index contributed by atoms with van der Waals surface area (Å²) in [5, 5.41) is 0.0725. The van der Waals surface area contributed by atoms with Gasteiger partial charge >= 0.3 is 6.18 Å². The van der Waals surface area contributed by atoms with Crippen molar-refractivity contribution in [2.45, 2.75) is 12.8 Å². The second kappa shape index (κ2) is 5.96. The Morgan fingerprint density at radius 2 is 2.10 bits per heavy atom. The Kier molecular flexibility index (Phi) is 4.45. The number of thiophene rings is 1. The number of hydrogen-bond acceptors (Lipinski definition) is 4. The molecule has 0 aliphatic rings. The lowest BCUT2D eigenvalue weighted by molar-refractivity contribution is -0.176. The standard InChI is InChI=1S/C12H10F4N2O2S/c13-7-2-1-3-8-9(7)6(4-20-5-12(14,15)16)10(21-8)11(19)18-17/h1-3H,4-5,17H2,(H,18,19). The minimum Gasteiger partial charge on any atom is -0.367 e. The minimum atomic E-state index is -4.50. The van der Waals surface area contributed by atoms with E-state index < -0.39 is 31.1 Å². The maximum Gasteiger partial charge on any atom is 0.411 e. The van der Waals surface area contributed by atoms with Crippen LogP contribution in [0.3, 0.4) is 0 Å². The number of ether oxygens (including phenoxy) is 1. The Morgan fingerprint density at radius 1 is 1.38 bits per heavy atom. The number of alkyl halides is 3. The number of carbonyl (C=O) groups is 1. The quantitative estimate of drug-likeness (QED) is 0.394. The van der Waals surface area contributed by atoms with Crippen LogP contribution in [0.15, 0.2) is 18.2 Å². The molecule has 2 rings (SSSR count). The third-order valence-corrected chi connectivity index (χ3v) is 3.81. The van der Waals surface area contributed by atoms with Crippen molar-refractivity contribution in [3.63, 3.8) is 0 Å². The molecule has 0 radical (unpaired) electrons. The van der Waals surface area contributed by atoms with Crippen LogP contribution in [0, 0.1) is 5.82 Å². The minimum absolute atomic E-state index is 0.0276. The van der Waals surface area contributed by atoms with E-state index in [1.807, 2.05) is 5.43 Å². The Morgan fingerprint density at radius 3 is 2.71 bits per heavy atom. The molecular weight excluding hydrogens is 312 g/mol. The number of nitrogen functional groups attached to an aromatic ring is 1. The molecule has 0 bridgehead atoms. The number of rotatable bonds is 4. The van der Waals surface area contributed by atoms with E-state index >= 15 is 0 Å². The number of fused-ring (bicyclic) bond motifs is 1. The molecule has 1 aromatic heterocycles. The summed E-state index contributed by atoms with van der Waals surface area (Å²) in [6.07, 6.45) is -4.50. The maximum atomic E-state index is 13.9. The van der Waals surface area contributed by atoms with Gasteiger partial charge in [-0.25, -0.2) is 10.2 Å². The van der Waals surface area contributed by atoms with Gasteiger partial charge in [-0.15, -0.1) is 11.3 Å². The molecule has 21 heavy (non-hydrogen) atoms. The maximum absolute atomic E-state index is 13.9. The Labute approximate surface area is 120 Å². The van der Waals surface area contributed by atoms with Crippen molar-refractivity contribution in [3.05, 3.63) is 34.5 Å². The van der Waals surface area contributed by atoms with E-state index in [9.17, 15) is 22.4 Å². The third kappa shape index (κ3) is 3.49. The van der Waals surface area contributed by atoms with Crippen LogP contribution in [0.2, 0.25) is 0 Å². The van der Waals surface area contributed by atoms with E-state index in [1.54, 1.807) is 6.07 Å². The van der Waals surface area contributed by atoms with E-state index in [0.29, 0.717) is 4.70 Å². The summed E-state index contributed by atoms with van der Waals surface area (Å²) >= 11 is 0.935. The summed E-state index contributed by atoms with van der Waals surface area (Å²) in [6, 6.07) is 4.16. The highest BCUT2D eigenvalue weighted by Crippen LogP contribution is 2.34. The van der Waals surface area contributed by atoms with Gasteiger partial charge in [0, 0.05) is 15.6 Å². The van der Waals surface area contributed by atoms with Crippen LogP contribution in [0.25, 0.3) is 10.1 Å². The number of carbonyl (C=O) groups excluding carboxylic acids is 1. The number of benzene rings is 1. The molecule has 0 atom stereocenters. The zero-order valence-electron chi connectivity index (χ0n) is 10.5. The summed E-state index contributed by atoms with van der Waals surface area (Å²) in [6.45, 7) is -2.02. The summed E-state index contributed by atoms with van der Waals surface area (Å²) in [5.41, 5.74) is 1.94. The highest BCUT2D eigenvalue weighted by atomic mass is 32.1. The van der Waals surface area contributed by atoms with Crippen LogP contribution in [0.1, 0.15) is 15.2 Å². The molecule has 3 N–H and O–H groups in total.